The average Bonchev–Trinajstić information content (AvgIpc) is 2.38. The molecular formula is C14H10FNO. The van der Waals surface area contributed by atoms with Gasteiger partial charge in [0.15, 0.2) is 0 Å². The fourth-order valence-corrected chi connectivity index (χ4v) is 1.63. The van der Waals surface area contributed by atoms with Gasteiger partial charge < -0.3 is 4.74 Å². The van der Waals surface area contributed by atoms with Gasteiger partial charge in [-0.1, -0.05) is 18.2 Å². The molecule has 0 aliphatic rings. The zero-order valence-corrected chi connectivity index (χ0v) is 9.27. The maximum atomic E-state index is 13.1. The van der Waals surface area contributed by atoms with Crippen molar-refractivity contribution in [3.63, 3.8) is 0 Å². The first-order valence-corrected chi connectivity index (χ1v) is 5.08. The Morgan fingerprint density at radius 3 is 2.53 bits per heavy atom. The summed E-state index contributed by atoms with van der Waals surface area (Å²) >= 11 is 0. The Morgan fingerprint density at radius 1 is 1.12 bits per heavy atom. The summed E-state index contributed by atoms with van der Waals surface area (Å²) in [6, 6.07) is 13.5. The molecule has 0 atom stereocenters. The van der Waals surface area contributed by atoms with E-state index < -0.39 is 0 Å². The molecule has 0 aliphatic heterocycles. The molecule has 0 aliphatic carbocycles. The second-order valence-electron chi connectivity index (χ2n) is 3.54. The summed E-state index contributed by atoms with van der Waals surface area (Å²) in [5.74, 6) is 0.208. The lowest BCUT2D eigenvalue weighted by Crippen LogP contribution is -1.89. The topological polar surface area (TPSA) is 33.0 Å². The van der Waals surface area contributed by atoms with Crippen molar-refractivity contribution >= 4 is 0 Å². The van der Waals surface area contributed by atoms with Crippen LogP contribution in [-0.4, -0.2) is 7.11 Å². The monoisotopic (exact) mass is 227 g/mol. The van der Waals surface area contributed by atoms with Gasteiger partial charge in [0.2, 0.25) is 0 Å². The predicted molar refractivity (Wildman–Crippen MR) is 63.1 cm³/mol. The molecule has 0 bridgehead atoms. The summed E-state index contributed by atoms with van der Waals surface area (Å²) in [5.41, 5.74) is 2.04. The molecule has 2 nitrogen and oxygen atoms in total. The van der Waals surface area contributed by atoms with E-state index in [0.717, 1.165) is 11.1 Å². The van der Waals surface area contributed by atoms with E-state index in [9.17, 15) is 4.39 Å². The first-order chi connectivity index (χ1) is 8.24. The van der Waals surface area contributed by atoms with Gasteiger partial charge in [-0.3, -0.25) is 0 Å². The highest BCUT2D eigenvalue weighted by atomic mass is 19.1. The molecule has 17 heavy (non-hydrogen) atoms. The summed E-state index contributed by atoms with van der Waals surface area (Å²) in [6.07, 6.45) is 0. The zero-order valence-electron chi connectivity index (χ0n) is 9.27. The number of nitrogens with zero attached hydrogens (tertiary/aromatic N) is 1. The van der Waals surface area contributed by atoms with Crippen LogP contribution in [0.5, 0.6) is 5.75 Å². The van der Waals surface area contributed by atoms with Crippen molar-refractivity contribution in [1.82, 2.24) is 0 Å². The summed E-state index contributed by atoms with van der Waals surface area (Å²) in [4.78, 5) is 0. The van der Waals surface area contributed by atoms with E-state index in [4.69, 9.17) is 10.00 Å². The van der Waals surface area contributed by atoms with Crippen LogP contribution in [0.3, 0.4) is 0 Å². The molecule has 0 fully saturated rings. The Morgan fingerprint density at radius 2 is 1.88 bits per heavy atom. The molecule has 2 rings (SSSR count). The second-order valence-corrected chi connectivity index (χ2v) is 3.54. The van der Waals surface area contributed by atoms with Crippen LogP contribution in [0.25, 0.3) is 11.1 Å². The Balaban J connectivity index is 2.51. The van der Waals surface area contributed by atoms with Crippen molar-refractivity contribution in [2.45, 2.75) is 0 Å². The van der Waals surface area contributed by atoms with Gasteiger partial charge in [-0.2, -0.15) is 5.26 Å². The van der Waals surface area contributed by atoms with Crippen molar-refractivity contribution in [3.8, 4) is 22.9 Å². The van der Waals surface area contributed by atoms with Crippen molar-refractivity contribution in [2.24, 2.45) is 0 Å². The Hall–Kier alpha value is -2.34. The number of rotatable bonds is 2. The zero-order chi connectivity index (χ0) is 12.3. The van der Waals surface area contributed by atoms with Gasteiger partial charge in [-0.05, 0) is 35.4 Å². The molecule has 0 N–H and O–H groups in total. The number of benzene rings is 2. The average molecular weight is 227 g/mol. The van der Waals surface area contributed by atoms with Gasteiger partial charge >= 0.3 is 0 Å². The van der Waals surface area contributed by atoms with Crippen LogP contribution in [0.2, 0.25) is 0 Å². The van der Waals surface area contributed by atoms with Crippen LogP contribution in [0.4, 0.5) is 4.39 Å². The Kier molecular flexibility index (Phi) is 3.06. The van der Waals surface area contributed by atoms with Crippen LogP contribution in [0.1, 0.15) is 5.56 Å². The minimum atomic E-state index is -0.286. The predicted octanol–water partition coefficient (Wildman–Crippen LogP) is 3.37. The molecule has 0 heterocycles. The molecule has 3 heteroatoms. The normalized spacial score (nSPS) is 9.71. The highest BCUT2D eigenvalue weighted by molar-refractivity contribution is 5.67. The summed E-state index contributed by atoms with van der Waals surface area (Å²) in [5, 5.41) is 8.87. The van der Waals surface area contributed by atoms with Gasteiger partial charge in [-0.15, -0.1) is 0 Å². The van der Waals surface area contributed by atoms with E-state index in [2.05, 4.69) is 0 Å². The van der Waals surface area contributed by atoms with Crippen molar-refractivity contribution in [1.29, 1.82) is 5.26 Å². The van der Waals surface area contributed by atoms with E-state index in [0.29, 0.717) is 11.3 Å². The van der Waals surface area contributed by atoms with Gasteiger partial charge in [0.25, 0.3) is 0 Å². The van der Waals surface area contributed by atoms with E-state index >= 15 is 0 Å². The molecule has 2 aromatic carbocycles. The summed E-state index contributed by atoms with van der Waals surface area (Å²) < 4.78 is 18.2. The Labute approximate surface area is 98.9 Å². The van der Waals surface area contributed by atoms with Gasteiger partial charge in [-0.25, -0.2) is 4.39 Å². The largest absolute Gasteiger partial charge is 0.495 e. The number of hydrogen-bond donors (Lipinski definition) is 0. The minimum absolute atomic E-state index is 0.286. The quantitative estimate of drug-likeness (QED) is 0.788. The molecule has 0 saturated carbocycles. The van der Waals surface area contributed by atoms with Crippen LogP contribution in [0.15, 0.2) is 42.5 Å². The third-order valence-electron chi connectivity index (χ3n) is 2.48. The maximum absolute atomic E-state index is 13.1. The van der Waals surface area contributed by atoms with E-state index in [1.54, 1.807) is 24.3 Å². The Bertz CT molecular complexity index is 587. The molecule has 0 aromatic heterocycles. The fourth-order valence-electron chi connectivity index (χ4n) is 1.63. The lowest BCUT2D eigenvalue weighted by molar-refractivity contribution is 0.413. The third kappa shape index (κ3) is 2.26. The molecule has 0 radical (unpaired) electrons. The van der Waals surface area contributed by atoms with Crippen LogP contribution >= 0.6 is 0 Å². The van der Waals surface area contributed by atoms with Gasteiger partial charge in [0, 0.05) is 0 Å². The molecule has 0 amide bonds. The number of halogens is 1. The van der Waals surface area contributed by atoms with Crippen molar-refractivity contribution in [3.05, 3.63) is 53.8 Å². The highest BCUT2D eigenvalue weighted by Gasteiger charge is 2.05. The minimum Gasteiger partial charge on any atom is -0.495 e. The van der Waals surface area contributed by atoms with Crippen LogP contribution in [-0.2, 0) is 0 Å². The first-order valence-electron chi connectivity index (χ1n) is 5.08. The lowest BCUT2D eigenvalue weighted by Gasteiger charge is -2.06. The lowest BCUT2D eigenvalue weighted by atomic mass is 10.0. The van der Waals surface area contributed by atoms with Crippen LogP contribution in [0, 0.1) is 17.1 Å². The molecule has 0 unspecified atom stereocenters. The molecule has 84 valence electrons. The number of nitriles is 1. The van der Waals surface area contributed by atoms with Gasteiger partial charge in [0.05, 0.1) is 12.7 Å². The third-order valence-corrected chi connectivity index (χ3v) is 2.48. The first kappa shape index (κ1) is 11.2. The summed E-state index contributed by atoms with van der Waals surface area (Å²) in [7, 11) is 1.51. The van der Waals surface area contributed by atoms with E-state index in [-0.39, 0.29) is 5.82 Å². The number of hydrogen-bond acceptors (Lipinski definition) is 2. The molecule has 0 saturated heterocycles. The standard InChI is InChI=1S/C14H10FNO/c1-17-14-8-11(5-6-12(14)9-16)10-3-2-4-13(15)7-10/h2-8H,1H3. The van der Waals surface area contributed by atoms with E-state index in [1.165, 1.54) is 19.2 Å². The summed E-state index contributed by atoms with van der Waals surface area (Å²) in [6.45, 7) is 0. The fraction of sp³-hybridized carbons (Fsp3) is 0.0714. The van der Waals surface area contributed by atoms with Crippen molar-refractivity contribution < 1.29 is 9.13 Å². The molecular weight excluding hydrogens is 217 g/mol. The van der Waals surface area contributed by atoms with Crippen molar-refractivity contribution in [2.75, 3.05) is 7.11 Å². The van der Waals surface area contributed by atoms with Crippen LogP contribution < -0.4 is 4.74 Å². The maximum Gasteiger partial charge on any atom is 0.137 e. The molecule has 2 aromatic rings. The smallest absolute Gasteiger partial charge is 0.137 e. The second kappa shape index (κ2) is 4.67. The molecule has 0 spiro atoms. The SMILES string of the molecule is COc1cc(-c2cccc(F)c2)ccc1C#N. The number of ether oxygens (including phenoxy) is 1. The van der Waals surface area contributed by atoms with Gasteiger partial charge in [0.1, 0.15) is 17.6 Å². The highest BCUT2D eigenvalue weighted by Crippen LogP contribution is 2.27. The van der Waals surface area contributed by atoms with E-state index in [1.807, 2.05) is 12.1 Å². The number of methoxy groups -OCH3 is 1.